The van der Waals surface area contributed by atoms with Crippen molar-refractivity contribution in [1.82, 2.24) is 4.98 Å². The lowest BCUT2D eigenvalue weighted by molar-refractivity contribution is -0.276. The molecule has 0 amide bonds. The van der Waals surface area contributed by atoms with Crippen LogP contribution in [0.2, 0.25) is 0 Å². The molecule has 0 aromatic carbocycles. The van der Waals surface area contributed by atoms with Gasteiger partial charge in [-0.2, -0.15) is 0 Å². The molecule has 1 aromatic rings. The van der Waals surface area contributed by atoms with Gasteiger partial charge in [-0.15, -0.1) is 13.2 Å². The van der Waals surface area contributed by atoms with Crippen LogP contribution in [0.5, 0.6) is 11.6 Å². The molecule has 0 radical (unpaired) electrons. The number of aromatic nitrogens is 1. The van der Waals surface area contributed by atoms with Crippen molar-refractivity contribution >= 4 is 5.97 Å². The number of alkyl halides is 3. The molecule has 1 aromatic heterocycles. The number of hydrogen-bond acceptors (Lipinski definition) is 5. The van der Waals surface area contributed by atoms with Crippen LogP contribution >= 0.6 is 0 Å². The van der Waals surface area contributed by atoms with Gasteiger partial charge < -0.3 is 20.7 Å². The van der Waals surface area contributed by atoms with Gasteiger partial charge in [-0.3, -0.25) is 4.79 Å². The van der Waals surface area contributed by atoms with Gasteiger partial charge in [0, 0.05) is 12.1 Å². The molecule has 100 valence electrons. The largest absolute Gasteiger partial charge is 0.574 e. The molecule has 0 aliphatic carbocycles. The number of carboxylic acid groups (broad SMARTS) is 1. The van der Waals surface area contributed by atoms with Crippen LogP contribution in [0, 0.1) is 0 Å². The van der Waals surface area contributed by atoms with Gasteiger partial charge in [0.05, 0.1) is 12.1 Å². The molecule has 0 fully saturated rings. The van der Waals surface area contributed by atoms with Crippen molar-refractivity contribution in [2.45, 2.75) is 19.3 Å². The molecular weight excluding hydrogens is 257 g/mol. The first-order chi connectivity index (χ1) is 8.23. The van der Waals surface area contributed by atoms with E-state index in [1.54, 1.807) is 0 Å². The third-order valence-electron chi connectivity index (χ3n) is 1.86. The van der Waals surface area contributed by atoms with Crippen molar-refractivity contribution in [3.05, 3.63) is 17.3 Å². The summed E-state index contributed by atoms with van der Waals surface area (Å²) in [7, 11) is 0. The number of carboxylic acids is 1. The average Bonchev–Trinajstić information content (AvgIpc) is 2.21. The first-order valence-electron chi connectivity index (χ1n) is 4.62. The number of carbonyl (C=O) groups is 1. The molecule has 18 heavy (non-hydrogen) atoms. The second-order valence-corrected chi connectivity index (χ2v) is 3.25. The lowest BCUT2D eigenvalue weighted by Gasteiger charge is -2.12. The normalized spacial score (nSPS) is 11.3. The molecule has 9 heteroatoms. The van der Waals surface area contributed by atoms with E-state index in [0.717, 1.165) is 6.07 Å². The van der Waals surface area contributed by atoms with Gasteiger partial charge in [-0.05, 0) is 6.07 Å². The summed E-state index contributed by atoms with van der Waals surface area (Å²) in [5.41, 5.74) is 4.93. The monoisotopic (exact) mass is 266 g/mol. The summed E-state index contributed by atoms with van der Waals surface area (Å²) < 4.78 is 39.6. The molecule has 0 unspecified atom stereocenters. The van der Waals surface area contributed by atoms with Gasteiger partial charge >= 0.3 is 12.3 Å². The molecular formula is C9H9F3N2O4. The Kier molecular flexibility index (Phi) is 3.96. The minimum atomic E-state index is -5.04. The summed E-state index contributed by atoms with van der Waals surface area (Å²) in [5.74, 6) is -3.40. The van der Waals surface area contributed by atoms with E-state index in [1.165, 1.54) is 0 Å². The fourth-order valence-electron chi connectivity index (χ4n) is 1.21. The second kappa shape index (κ2) is 5.08. The zero-order chi connectivity index (χ0) is 13.9. The highest BCUT2D eigenvalue weighted by atomic mass is 19.4. The van der Waals surface area contributed by atoms with Crippen molar-refractivity contribution in [2.24, 2.45) is 5.73 Å². The van der Waals surface area contributed by atoms with Gasteiger partial charge in [-0.1, -0.05) is 0 Å². The Morgan fingerprint density at radius 1 is 1.50 bits per heavy atom. The fourth-order valence-corrected chi connectivity index (χ4v) is 1.21. The highest BCUT2D eigenvalue weighted by Gasteiger charge is 2.34. The summed E-state index contributed by atoms with van der Waals surface area (Å²) in [6.45, 7) is -0.221. The molecule has 0 spiro atoms. The molecule has 0 saturated carbocycles. The number of ether oxygens (including phenoxy) is 1. The molecule has 1 heterocycles. The Hall–Kier alpha value is -2.03. The van der Waals surface area contributed by atoms with Crippen LogP contribution < -0.4 is 10.5 Å². The van der Waals surface area contributed by atoms with Crippen LogP contribution in [-0.4, -0.2) is 27.5 Å². The average molecular weight is 266 g/mol. The first-order valence-corrected chi connectivity index (χ1v) is 4.62. The number of pyridine rings is 1. The Balaban J connectivity index is 3.20. The number of nitrogens with two attached hydrogens (primary N) is 1. The Morgan fingerprint density at radius 3 is 2.56 bits per heavy atom. The molecule has 1 rings (SSSR count). The van der Waals surface area contributed by atoms with Crippen molar-refractivity contribution in [2.75, 3.05) is 0 Å². The van der Waals surface area contributed by atoms with E-state index in [2.05, 4.69) is 9.72 Å². The number of halogens is 3. The van der Waals surface area contributed by atoms with Gasteiger partial charge in [-0.25, -0.2) is 4.98 Å². The quantitative estimate of drug-likeness (QED) is 0.743. The zero-order valence-electron chi connectivity index (χ0n) is 8.86. The maximum Gasteiger partial charge on any atom is 0.574 e. The summed E-state index contributed by atoms with van der Waals surface area (Å²) in [6, 6.07) is 1.10. The summed E-state index contributed by atoms with van der Waals surface area (Å²) in [6.07, 6.45) is -5.71. The lowest BCUT2D eigenvalue weighted by atomic mass is 10.1. The van der Waals surface area contributed by atoms with Crippen molar-refractivity contribution in [3.8, 4) is 11.6 Å². The van der Waals surface area contributed by atoms with E-state index in [9.17, 15) is 23.1 Å². The minimum Gasteiger partial charge on any atom is -0.503 e. The maximum absolute atomic E-state index is 12.0. The fraction of sp³-hybridized carbons (Fsp3) is 0.333. The van der Waals surface area contributed by atoms with E-state index in [-0.39, 0.29) is 17.8 Å². The third kappa shape index (κ3) is 3.77. The SMILES string of the molecule is NCc1cc(CC(=O)O)c(O)c(OC(F)(F)F)n1. The van der Waals surface area contributed by atoms with Crippen molar-refractivity contribution in [1.29, 1.82) is 0 Å². The molecule has 0 aliphatic rings. The number of aliphatic carboxylic acids is 1. The predicted octanol–water partition coefficient (Wildman–Crippen LogP) is 0.772. The summed E-state index contributed by atoms with van der Waals surface area (Å²) in [5, 5.41) is 18.0. The molecule has 4 N–H and O–H groups in total. The zero-order valence-corrected chi connectivity index (χ0v) is 8.86. The van der Waals surface area contributed by atoms with Gasteiger partial charge in [0.15, 0.2) is 5.75 Å². The number of aromatic hydroxyl groups is 1. The van der Waals surface area contributed by atoms with E-state index in [0.29, 0.717) is 0 Å². The van der Waals surface area contributed by atoms with E-state index < -0.39 is 30.4 Å². The standard InChI is InChI=1S/C9H9F3N2O4/c10-9(11,12)18-8-7(17)4(2-6(15)16)1-5(3-13)14-8/h1,17H,2-3,13H2,(H,15,16). The molecule has 0 atom stereocenters. The van der Waals surface area contributed by atoms with Crippen LogP contribution in [0.4, 0.5) is 13.2 Å². The van der Waals surface area contributed by atoms with Crippen LogP contribution in [0.1, 0.15) is 11.3 Å². The van der Waals surface area contributed by atoms with Crippen LogP contribution in [0.3, 0.4) is 0 Å². The molecule has 0 aliphatic heterocycles. The van der Waals surface area contributed by atoms with E-state index in [1.807, 2.05) is 0 Å². The Labute approximate surface area is 98.8 Å². The molecule has 0 bridgehead atoms. The smallest absolute Gasteiger partial charge is 0.503 e. The Morgan fingerprint density at radius 2 is 2.11 bits per heavy atom. The van der Waals surface area contributed by atoms with Gasteiger partial charge in [0.2, 0.25) is 0 Å². The number of hydrogen-bond donors (Lipinski definition) is 3. The van der Waals surface area contributed by atoms with Crippen LogP contribution in [0.25, 0.3) is 0 Å². The van der Waals surface area contributed by atoms with Gasteiger partial charge in [0.1, 0.15) is 0 Å². The van der Waals surface area contributed by atoms with E-state index in [4.69, 9.17) is 10.8 Å². The third-order valence-corrected chi connectivity index (χ3v) is 1.86. The lowest BCUT2D eigenvalue weighted by Crippen LogP contribution is -2.19. The highest BCUT2D eigenvalue weighted by molar-refractivity contribution is 5.71. The summed E-state index contributed by atoms with van der Waals surface area (Å²) in [4.78, 5) is 13.8. The number of rotatable bonds is 4. The van der Waals surface area contributed by atoms with Crippen LogP contribution in [0.15, 0.2) is 6.07 Å². The second-order valence-electron chi connectivity index (χ2n) is 3.25. The van der Waals surface area contributed by atoms with Gasteiger partial charge in [0.25, 0.3) is 5.88 Å². The maximum atomic E-state index is 12.0. The molecule has 6 nitrogen and oxygen atoms in total. The topological polar surface area (TPSA) is 106 Å². The van der Waals surface area contributed by atoms with Crippen molar-refractivity contribution in [3.63, 3.8) is 0 Å². The van der Waals surface area contributed by atoms with E-state index >= 15 is 0 Å². The Bertz CT molecular complexity index is 462. The first kappa shape index (κ1) is 14.0. The molecule has 0 saturated heterocycles. The summed E-state index contributed by atoms with van der Waals surface area (Å²) >= 11 is 0. The van der Waals surface area contributed by atoms with Crippen LogP contribution in [-0.2, 0) is 17.8 Å². The predicted molar refractivity (Wildman–Crippen MR) is 51.8 cm³/mol. The highest BCUT2D eigenvalue weighted by Crippen LogP contribution is 2.33. The number of nitrogens with zero attached hydrogens (tertiary/aromatic N) is 1. The van der Waals surface area contributed by atoms with Crippen molar-refractivity contribution < 1.29 is 32.9 Å². The minimum absolute atomic E-state index is 0.0247.